The number of nitrogens with zero attached hydrogens (tertiary/aromatic N) is 4. The third-order valence-corrected chi connectivity index (χ3v) is 3.31. The summed E-state index contributed by atoms with van der Waals surface area (Å²) >= 11 is 0. The molecule has 0 aromatic carbocycles. The Kier molecular flexibility index (Phi) is 3.10. The first-order valence-corrected chi connectivity index (χ1v) is 6.58. The molecule has 0 fully saturated rings. The number of nitrogens with one attached hydrogen (secondary N) is 1. The maximum absolute atomic E-state index is 4.45. The Bertz CT molecular complexity index is 743. The molecular weight excluding hydrogens is 250 g/mol. The van der Waals surface area contributed by atoms with E-state index in [-0.39, 0.29) is 0 Å². The summed E-state index contributed by atoms with van der Waals surface area (Å²) in [6.07, 6.45) is 3.71. The zero-order valence-electron chi connectivity index (χ0n) is 11.9. The van der Waals surface area contributed by atoms with Crippen molar-refractivity contribution in [1.29, 1.82) is 0 Å². The fourth-order valence-electron chi connectivity index (χ4n) is 2.20. The van der Waals surface area contributed by atoms with Crippen molar-refractivity contribution in [2.75, 3.05) is 5.32 Å². The summed E-state index contributed by atoms with van der Waals surface area (Å²) in [6, 6.07) is 6.18. The van der Waals surface area contributed by atoms with E-state index in [1.165, 1.54) is 5.56 Å². The van der Waals surface area contributed by atoms with Crippen molar-refractivity contribution >= 4 is 16.7 Å². The number of hydrogen-bond donors (Lipinski definition) is 1. The fourth-order valence-corrected chi connectivity index (χ4v) is 2.20. The molecule has 3 heterocycles. The lowest BCUT2D eigenvalue weighted by molar-refractivity contribution is 0.774. The van der Waals surface area contributed by atoms with E-state index in [1.807, 2.05) is 39.4 Å². The SMILES string of the molecule is Cc1ccc(CNc2cnc3c(c2)c(C)nn3C)nc1. The Morgan fingerprint density at radius 2 is 2.00 bits per heavy atom. The van der Waals surface area contributed by atoms with Gasteiger partial charge in [-0.1, -0.05) is 6.07 Å². The van der Waals surface area contributed by atoms with Crippen molar-refractivity contribution in [2.45, 2.75) is 20.4 Å². The van der Waals surface area contributed by atoms with Crippen LogP contribution in [0.5, 0.6) is 0 Å². The first-order valence-electron chi connectivity index (χ1n) is 6.58. The van der Waals surface area contributed by atoms with E-state index in [0.717, 1.165) is 28.1 Å². The summed E-state index contributed by atoms with van der Waals surface area (Å²) in [5.74, 6) is 0. The molecule has 0 saturated carbocycles. The van der Waals surface area contributed by atoms with E-state index in [4.69, 9.17) is 0 Å². The second kappa shape index (κ2) is 4.92. The molecule has 20 heavy (non-hydrogen) atoms. The van der Waals surface area contributed by atoms with Crippen LogP contribution in [0.15, 0.2) is 30.6 Å². The quantitative estimate of drug-likeness (QED) is 0.792. The Morgan fingerprint density at radius 1 is 1.15 bits per heavy atom. The van der Waals surface area contributed by atoms with E-state index in [2.05, 4.69) is 32.5 Å². The molecule has 0 amide bonds. The standard InChI is InChI=1S/C15H17N5/c1-10-4-5-12(16-7-10)8-17-13-6-14-11(2)19-20(3)15(14)18-9-13/h4-7,9,17H,8H2,1-3H3. The van der Waals surface area contributed by atoms with Gasteiger partial charge in [0.25, 0.3) is 0 Å². The largest absolute Gasteiger partial charge is 0.378 e. The third-order valence-electron chi connectivity index (χ3n) is 3.31. The van der Waals surface area contributed by atoms with Gasteiger partial charge < -0.3 is 5.32 Å². The van der Waals surface area contributed by atoms with Gasteiger partial charge in [-0.15, -0.1) is 0 Å². The highest BCUT2D eigenvalue weighted by atomic mass is 15.3. The zero-order chi connectivity index (χ0) is 14.1. The van der Waals surface area contributed by atoms with Crippen LogP contribution < -0.4 is 5.32 Å². The lowest BCUT2D eigenvalue weighted by Crippen LogP contribution is -2.02. The summed E-state index contributed by atoms with van der Waals surface area (Å²) in [6.45, 7) is 4.72. The van der Waals surface area contributed by atoms with E-state index in [9.17, 15) is 0 Å². The van der Waals surface area contributed by atoms with Gasteiger partial charge in [0.15, 0.2) is 5.65 Å². The topological polar surface area (TPSA) is 55.6 Å². The smallest absolute Gasteiger partial charge is 0.157 e. The van der Waals surface area contributed by atoms with Gasteiger partial charge >= 0.3 is 0 Å². The molecule has 0 saturated heterocycles. The van der Waals surface area contributed by atoms with Crippen molar-refractivity contribution in [1.82, 2.24) is 19.7 Å². The van der Waals surface area contributed by atoms with E-state index in [1.54, 1.807) is 4.68 Å². The average Bonchev–Trinajstić information content (AvgIpc) is 2.73. The first-order chi connectivity index (χ1) is 9.63. The highest BCUT2D eigenvalue weighted by molar-refractivity contribution is 5.81. The summed E-state index contributed by atoms with van der Waals surface area (Å²) in [7, 11) is 1.91. The lowest BCUT2D eigenvalue weighted by Gasteiger charge is -2.06. The van der Waals surface area contributed by atoms with Crippen LogP contribution in [0.4, 0.5) is 5.69 Å². The highest BCUT2D eigenvalue weighted by Crippen LogP contribution is 2.19. The van der Waals surface area contributed by atoms with Crippen LogP contribution in [0, 0.1) is 13.8 Å². The Morgan fingerprint density at radius 3 is 2.75 bits per heavy atom. The number of hydrogen-bond acceptors (Lipinski definition) is 4. The second-order valence-electron chi connectivity index (χ2n) is 4.98. The van der Waals surface area contributed by atoms with Gasteiger partial charge in [-0.25, -0.2) is 4.98 Å². The molecule has 0 unspecified atom stereocenters. The molecule has 0 radical (unpaired) electrons. The van der Waals surface area contributed by atoms with Crippen molar-refractivity contribution in [2.24, 2.45) is 7.05 Å². The normalized spacial score (nSPS) is 10.9. The Labute approximate surface area is 117 Å². The fraction of sp³-hybridized carbons (Fsp3) is 0.267. The minimum absolute atomic E-state index is 0.687. The van der Waals surface area contributed by atoms with Gasteiger partial charge in [0.2, 0.25) is 0 Å². The van der Waals surface area contributed by atoms with Crippen LogP contribution in [0.1, 0.15) is 17.0 Å². The molecule has 3 aromatic heterocycles. The minimum Gasteiger partial charge on any atom is -0.378 e. The molecule has 0 aliphatic carbocycles. The zero-order valence-corrected chi connectivity index (χ0v) is 11.9. The molecule has 102 valence electrons. The van der Waals surface area contributed by atoms with Gasteiger partial charge in [0.1, 0.15) is 0 Å². The van der Waals surface area contributed by atoms with Crippen molar-refractivity contribution in [3.05, 3.63) is 47.5 Å². The highest BCUT2D eigenvalue weighted by Gasteiger charge is 2.06. The average molecular weight is 267 g/mol. The summed E-state index contributed by atoms with van der Waals surface area (Å²) in [5, 5.41) is 8.80. The van der Waals surface area contributed by atoms with E-state index in [0.29, 0.717) is 6.54 Å². The van der Waals surface area contributed by atoms with Gasteiger partial charge in [-0.05, 0) is 31.5 Å². The number of fused-ring (bicyclic) bond motifs is 1. The molecule has 0 aliphatic heterocycles. The molecule has 5 heteroatoms. The van der Waals surface area contributed by atoms with Crippen LogP contribution in [0.25, 0.3) is 11.0 Å². The first kappa shape index (κ1) is 12.6. The predicted octanol–water partition coefficient (Wildman–Crippen LogP) is 2.59. The Hall–Kier alpha value is -2.43. The third kappa shape index (κ3) is 2.34. The summed E-state index contributed by atoms with van der Waals surface area (Å²) in [4.78, 5) is 8.82. The lowest BCUT2D eigenvalue weighted by atomic mass is 10.2. The molecular formula is C15H17N5. The molecule has 0 spiro atoms. The number of aryl methyl sites for hydroxylation is 3. The second-order valence-corrected chi connectivity index (χ2v) is 4.98. The number of rotatable bonds is 3. The molecule has 1 N–H and O–H groups in total. The van der Waals surface area contributed by atoms with Crippen LogP contribution in [-0.4, -0.2) is 19.7 Å². The number of aromatic nitrogens is 4. The molecule has 0 aliphatic rings. The van der Waals surface area contributed by atoms with E-state index < -0.39 is 0 Å². The molecule has 5 nitrogen and oxygen atoms in total. The molecule has 3 rings (SSSR count). The van der Waals surface area contributed by atoms with E-state index >= 15 is 0 Å². The van der Waals surface area contributed by atoms with Crippen LogP contribution >= 0.6 is 0 Å². The minimum atomic E-state index is 0.687. The number of anilines is 1. The molecule has 3 aromatic rings. The maximum atomic E-state index is 4.45. The van der Waals surface area contributed by atoms with Crippen molar-refractivity contribution in [3.8, 4) is 0 Å². The van der Waals surface area contributed by atoms with Crippen molar-refractivity contribution < 1.29 is 0 Å². The van der Waals surface area contributed by atoms with Crippen LogP contribution in [0.3, 0.4) is 0 Å². The van der Waals surface area contributed by atoms with Gasteiger partial charge in [-0.2, -0.15) is 5.10 Å². The maximum Gasteiger partial charge on any atom is 0.157 e. The Balaban J connectivity index is 1.80. The van der Waals surface area contributed by atoms with Crippen LogP contribution in [0.2, 0.25) is 0 Å². The van der Waals surface area contributed by atoms with Crippen LogP contribution in [-0.2, 0) is 13.6 Å². The summed E-state index contributed by atoms with van der Waals surface area (Å²) in [5.41, 5.74) is 5.06. The molecule has 0 atom stereocenters. The van der Waals surface area contributed by atoms with Gasteiger partial charge in [0.05, 0.1) is 29.8 Å². The van der Waals surface area contributed by atoms with Gasteiger partial charge in [0, 0.05) is 18.6 Å². The van der Waals surface area contributed by atoms with Gasteiger partial charge in [-0.3, -0.25) is 9.67 Å². The predicted molar refractivity (Wildman–Crippen MR) is 79.5 cm³/mol. The monoisotopic (exact) mass is 267 g/mol. The molecule has 0 bridgehead atoms. The van der Waals surface area contributed by atoms with Crippen molar-refractivity contribution in [3.63, 3.8) is 0 Å². The number of pyridine rings is 2. The summed E-state index contributed by atoms with van der Waals surface area (Å²) < 4.78 is 1.80.